The summed E-state index contributed by atoms with van der Waals surface area (Å²) in [4.78, 5) is 2.06. The zero-order valence-corrected chi connectivity index (χ0v) is 14.6. The first kappa shape index (κ1) is 17.6. The molecule has 1 heterocycles. The number of benzene rings is 1. The number of aliphatic hydroxyl groups is 1. The predicted octanol–water partition coefficient (Wildman–Crippen LogP) is 2.02. The molecule has 0 radical (unpaired) electrons. The van der Waals surface area contributed by atoms with Crippen LogP contribution >= 0.6 is 11.6 Å². The summed E-state index contributed by atoms with van der Waals surface area (Å²) in [6, 6.07) is 8.05. The van der Waals surface area contributed by atoms with Crippen LogP contribution in [0, 0.1) is 0 Å². The highest BCUT2D eigenvalue weighted by atomic mass is 35.5. The van der Waals surface area contributed by atoms with E-state index in [1.807, 2.05) is 52.0 Å². The summed E-state index contributed by atoms with van der Waals surface area (Å²) in [5.41, 5.74) is 1.36. The molecule has 1 aliphatic rings. The molecular formula is C16H25BClNO3. The third-order valence-corrected chi connectivity index (χ3v) is 4.68. The number of nitrogens with zero attached hydrogens (tertiary/aromatic N) is 1. The second-order valence-electron chi connectivity index (χ2n) is 6.58. The van der Waals surface area contributed by atoms with Gasteiger partial charge in [-0.15, -0.1) is 11.6 Å². The Balaban J connectivity index is 2.12. The zero-order chi connectivity index (χ0) is 16.4. The third kappa shape index (κ3) is 3.59. The van der Waals surface area contributed by atoms with E-state index in [4.69, 9.17) is 26.0 Å². The first-order valence-electron chi connectivity index (χ1n) is 7.68. The van der Waals surface area contributed by atoms with E-state index in [9.17, 15) is 0 Å². The van der Waals surface area contributed by atoms with Crippen molar-refractivity contribution in [2.75, 3.05) is 30.5 Å². The van der Waals surface area contributed by atoms with Crippen molar-refractivity contribution in [3.05, 3.63) is 24.3 Å². The van der Waals surface area contributed by atoms with Crippen LogP contribution in [0.2, 0.25) is 0 Å². The van der Waals surface area contributed by atoms with Crippen LogP contribution in [0.5, 0.6) is 0 Å². The second-order valence-corrected chi connectivity index (χ2v) is 6.96. The maximum Gasteiger partial charge on any atom is 0.494 e. The van der Waals surface area contributed by atoms with Gasteiger partial charge in [0.1, 0.15) is 0 Å². The molecule has 0 atom stereocenters. The molecule has 0 amide bonds. The molecule has 1 N–H and O–H groups in total. The van der Waals surface area contributed by atoms with E-state index in [-0.39, 0.29) is 24.9 Å². The van der Waals surface area contributed by atoms with Crippen LogP contribution in [0.15, 0.2) is 24.3 Å². The van der Waals surface area contributed by atoms with Gasteiger partial charge in [0.15, 0.2) is 0 Å². The number of hydrogen-bond acceptors (Lipinski definition) is 4. The highest BCUT2D eigenvalue weighted by Crippen LogP contribution is 2.36. The number of halogens is 1. The smallest absolute Gasteiger partial charge is 0.399 e. The maximum absolute atomic E-state index is 9.14. The van der Waals surface area contributed by atoms with Gasteiger partial charge in [0.05, 0.1) is 17.8 Å². The van der Waals surface area contributed by atoms with Crippen molar-refractivity contribution < 1.29 is 14.4 Å². The largest absolute Gasteiger partial charge is 0.494 e. The zero-order valence-electron chi connectivity index (χ0n) is 13.8. The fourth-order valence-electron chi connectivity index (χ4n) is 2.41. The van der Waals surface area contributed by atoms with Crippen molar-refractivity contribution in [2.45, 2.75) is 38.9 Å². The van der Waals surface area contributed by atoms with Crippen molar-refractivity contribution in [3.63, 3.8) is 0 Å². The van der Waals surface area contributed by atoms with E-state index in [1.54, 1.807) is 0 Å². The van der Waals surface area contributed by atoms with E-state index in [0.717, 1.165) is 11.2 Å². The van der Waals surface area contributed by atoms with Gasteiger partial charge in [0.2, 0.25) is 0 Å². The molecule has 0 saturated carbocycles. The fourth-order valence-corrected chi connectivity index (χ4v) is 2.62. The van der Waals surface area contributed by atoms with E-state index in [2.05, 4.69) is 4.90 Å². The topological polar surface area (TPSA) is 41.9 Å². The summed E-state index contributed by atoms with van der Waals surface area (Å²) in [7, 11) is -0.349. The molecule has 0 spiro atoms. The lowest BCUT2D eigenvalue weighted by Crippen LogP contribution is -2.41. The highest BCUT2D eigenvalue weighted by Gasteiger charge is 2.51. The highest BCUT2D eigenvalue weighted by molar-refractivity contribution is 6.62. The summed E-state index contributed by atoms with van der Waals surface area (Å²) in [6.45, 7) is 9.57. The maximum atomic E-state index is 9.14. The number of anilines is 1. The van der Waals surface area contributed by atoms with Gasteiger partial charge in [-0.3, -0.25) is 0 Å². The molecule has 0 aromatic heterocycles. The first-order valence-corrected chi connectivity index (χ1v) is 8.21. The van der Waals surface area contributed by atoms with Gasteiger partial charge in [-0.25, -0.2) is 0 Å². The Bertz CT molecular complexity index is 471. The SMILES string of the molecule is CC1(C)OB(c2ccc(N(CCO)CCCl)cc2)OC1(C)C. The van der Waals surface area contributed by atoms with Gasteiger partial charge in [-0.05, 0) is 45.3 Å². The summed E-state index contributed by atoms with van der Waals surface area (Å²) in [5.74, 6) is 0.527. The summed E-state index contributed by atoms with van der Waals surface area (Å²) in [5, 5.41) is 9.14. The van der Waals surface area contributed by atoms with Crippen molar-refractivity contribution in [3.8, 4) is 0 Å². The molecule has 0 aliphatic carbocycles. The molecule has 1 saturated heterocycles. The van der Waals surface area contributed by atoms with Crippen molar-refractivity contribution in [2.24, 2.45) is 0 Å². The van der Waals surface area contributed by atoms with Crippen LogP contribution in [-0.4, -0.2) is 49.0 Å². The Morgan fingerprint density at radius 1 is 1.05 bits per heavy atom. The van der Waals surface area contributed by atoms with Gasteiger partial charge >= 0.3 is 7.12 Å². The molecule has 1 aromatic carbocycles. The minimum Gasteiger partial charge on any atom is -0.399 e. The molecule has 22 heavy (non-hydrogen) atoms. The minimum atomic E-state index is -0.349. The molecule has 1 aliphatic heterocycles. The number of hydrogen-bond donors (Lipinski definition) is 1. The normalized spacial score (nSPS) is 19.5. The lowest BCUT2D eigenvalue weighted by atomic mass is 9.79. The van der Waals surface area contributed by atoms with Gasteiger partial charge in [0, 0.05) is 24.7 Å². The van der Waals surface area contributed by atoms with Gasteiger partial charge in [-0.1, -0.05) is 12.1 Å². The molecule has 122 valence electrons. The van der Waals surface area contributed by atoms with Crippen LogP contribution in [0.4, 0.5) is 5.69 Å². The molecule has 6 heteroatoms. The quantitative estimate of drug-likeness (QED) is 0.642. The molecule has 0 bridgehead atoms. The van der Waals surface area contributed by atoms with E-state index >= 15 is 0 Å². The van der Waals surface area contributed by atoms with E-state index < -0.39 is 0 Å². The first-order chi connectivity index (χ1) is 10.3. The monoisotopic (exact) mass is 325 g/mol. The Morgan fingerprint density at radius 2 is 1.59 bits per heavy atom. The van der Waals surface area contributed by atoms with Crippen LogP contribution in [0.25, 0.3) is 0 Å². The van der Waals surface area contributed by atoms with E-state index in [1.165, 1.54) is 0 Å². The lowest BCUT2D eigenvalue weighted by molar-refractivity contribution is 0.00578. The Hall–Kier alpha value is -0.745. The van der Waals surface area contributed by atoms with Crippen LogP contribution < -0.4 is 10.4 Å². The van der Waals surface area contributed by atoms with Crippen molar-refractivity contribution >= 4 is 29.9 Å². The molecular weight excluding hydrogens is 300 g/mol. The second kappa shape index (κ2) is 6.79. The van der Waals surface area contributed by atoms with Crippen LogP contribution in [-0.2, 0) is 9.31 Å². The Morgan fingerprint density at radius 3 is 2.05 bits per heavy atom. The lowest BCUT2D eigenvalue weighted by Gasteiger charge is -2.32. The van der Waals surface area contributed by atoms with Crippen molar-refractivity contribution in [1.29, 1.82) is 0 Å². The minimum absolute atomic E-state index is 0.107. The Labute approximate surface area is 138 Å². The summed E-state index contributed by atoms with van der Waals surface area (Å²) >= 11 is 5.82. The molecule has 1 aromatic rings. The predicted molar refractivity (Wildman–Crippen MR) is 92.2 cm³/mol. The third-order valence-electron chi connectivity index (χ3n) is 4.51. The summed E-state index contributed by atoms with van der Waals surface area (Å²) < 4.78 is 12.1. The fraction of sp³-hybridized carbons (Fsp3) is 0.625. The molecule has 0 unspecified atom stereocenters. The number of rotatable bonds is 6. The van der Waals surface area contributed by atoms with Crippen LogP contribution in [0.1, 0.15) is 27.7 Å². The van der Waals surface area contributed by atoms with Crippen molar-refractivity contribution in [1.82, 2.24) is 0 Å². The average molecular weight is 326 g/mol. The standard InChI is InChI=1S/C16H25BClNO3/c1-15(2)16(3,4)22-17(21-15)13-5-7-14(8-6-13)19(10-9-18)11-12-20/h5-8,20H,9-12H2,1-4H3. The molecule has 1 fully saturated rings. The number of aliphatic hydroxyl groups excluding tert-OH is 1. The van der Waals surface area contributed by atoms with Gasteiger partial charge in [-0.2, -0.15) is 0 Å². The number of alkyl halides is 1. The van der Waals surface area contributed by atoms with Gasteiger partial charge < -0.3 is 19.3 Å². The van der Waals surface area contributed by atoms with E-state index in [0.29, 0.717) is 19.0 Å². The Kier molecular flexibility index (Phi) is 5.43. The molecule has 2 rings (SSSR count). The van der Waals surface area contributed by atoms with Gasteiger partial charge in [0.25, 0.3) is 0 Å². The summed E-state index contributed by atoms with van der Waals surface area (Å²) in [6.07, 6.45) is 0. The average Bonchev–Trinajstić information content (AvgIpc) is 2.67. The molecule has 4 nitrogen and oxygen atoms in total. The van der Waals surface area contributed by atoms with Crippen LogP contribution in [0.3, 0.4) is 0 Å².